The number of methoxy groups -OCH3 is 1. The second-order valence-corrected chi connectivity index (χ2v) is 8.90. The van der Waals surface area contributed by atoms with Gasteiger partial charge in [0.15, 0.2) is 0 Å². The molecule has 4 heteroatoms. The van der Waals surface area contributed by atoms with Gasteiger partial charge in [-0.05, 0) is 55.2 Å². The Bertz CT molecular complexity index is 1100. The number of amides is 1. The van der Waals surface area contributed by atoms with Gasteiger partial charge in [-0.3, -0.25) is 4.90 Å². The molecule has 32 heavy (non-hydrogen) atoms. The first-order valence-corrected chi connectivity index (χ1v) is 10.9. The number of nitrogens with zero attached hydrogens (tertiary/aromatic N) is 1. The van der Waals surface area contributed by atoms with Crippen LogP contribution in [0.5, 0.6) is 5.75 Å². The molecule has 0 aromatic heterocycles. The van der Waals surface area contributed by atoms with Gasteiger partial charge < -0.3 is 9.47 Å². The second-order valence-electron chi connectivity index (χ2n) is 8.90. The van der Waals surface area contributed by atoms with E-state index in [2.05, 4.69) is 12.1 Å². The Balaban J connectivity index is 1.88. The molecule has 164 valence electrons. The summed E-state index contributed by atoms with van der Waals surface area (Å²) in [4.78, 5) is 15.4. The molecule has 0 saturated heterocycles. The third-order valence-electron chi connectivity index (χ3n) is 5.50. The summed E-state index contributed by atoms with van der Waals surface area (Å²) in [5.41, 5.74) is 4.56. The minimum absolute atomic E-state index is 0.179. The maximum atomic E-state index is 13.6. The highest BCUT2D eigenvalue weighted by atomic mass is 16.6. The molecule has 0 N–H and O–H groups in total. The van der Waals surface area contributed by atoms with E-state index in [1.54, 1.807) is 7.11 Å². The molecule has 1 atom stereocenters. The first-order valence-electron chi connectivity index (χ1n) is 10.9. The summed E-state index contributed by atoms with van der Waals surface area (Å²) in [5.74, 6) is 0.787. The van der Waals surface area contributed by atoms with E-state index in [1.807, 2.05) is 98.5 Å². The van der Waals surface area contributed by atoms with Crippen molar-refractivity contribution >= 4 is 17.4 Å². The van der Waals surface area contributed by atoms with Crippen LogP contribution >= 0.6 is 0 Å². The Morgan fingerprint density at radius 3 is 1.94 bits per heavy atom. The highest BCUT2D eigenvalue weighted by Crippen LogP contribution is 2.48. The SMILES string of the molecule is COc1ccc([C@@H]2CC(c3ccccc3)=C(c3ccccc3)N2C(=O)OC(C)(C)C)cc1. The third kappa shape index (κ3) is 4.54. The first kappa shape index (κ1) is 21.7. The normalized spacial score (nSPS) is 16.2. The Labute approximate surface area is 190 Å². The smallest absolute Gasteiger partial charge is 0.415 e. The average molecular weight is 428 g/mol. The molecule has 0 spiro atoms. The highest BCUT2D eigenvalue weighted by Gasteiger charge is 2.40. The number of ether oxygens (including phenoxy) is 2. The predicted octanol–water partition coefficient (Wildman–Crippen LogP) is 6.95. The lowest BCUT2D eigenvalue weighted by molar-refractivity contribution is 0.0306. The topological polar surface area (TPSA) is 38.8 Å². The summed E-state index contributed by atoms with van der Waals surface area (Å²) >= 11 is 0. The first-order chi connectivity index (χ1) is 15.4. The van der Waals surface area contributed by atoms with Gasteiger partial charge >= 0.3 is 6.09 Å². The molecule has 1 heterocycles. The van der Waals surface area contributed by atoms with Crippen LogP contribution < -0.4 is 4.74 Å². The van der Waals surface area contributed by atoms with E-state index in [-0.39, 0.29) is 12.1 Å². The molecule has 1 aliphatic rings. The van der Waals surface area contributed by atoms with Gasteiger partial charge in [0, 0.05) is 6.42 Å². The Kier molecular flexibility index (Phi) is 6.04. The molecular formula is C28H29NO3. The fourth-order valence-electron chi connectivity index (χ4n) is 4.11. The maximum absolute atomic E-state index is 13.6. The number of carbonyl (C=O) groups excluding carboxylic acids is 1. The lowest BCUT2D eigenvalue weighted by atomic mass is 9.96. The molecular weight excluding hydrogens is 398 g/mol. The van der Waals surface area contributed by atoms with Crippen molar-refractivity contribution in [3.05, 3.63) is 102 Å². The fourth-order valence-corrected chi connectivity index (χ4v) is 4.11. The van der Waals surface area contributed by atoms with E-state index in [4.69, 9.17) is 9.47 Å². The molecule has 0 aliphatic carbocycles. The maximum Gasteiger partial charge on any atom is 0.415 e. The van der Waals surface area contributed by atoms with Crippen molar-refractivity contribution in [2.75, 3.05) is 7.11 Å². The van der Waals surface area contributed by atoms with Crippen LogP contribution in [0.1, 0.15) is 49.9 Å². The van der Waals surface area contributed by atoms with Gasteiger partial charge in [0.1, 0.15) is 11.4 Å². The lowest BCUT2D eigenvalue weighted by Gasteiger charge is -2.31. The molecule has 0 fully saturated rings. The largest absolute Gasteiger partial charge is 0.497 e. The number of rotatable bonds is 4. The van der Waals surface area contributed by atoms with Crippen LogP contribution in [0.25, 0.3) is 11.3 Å². The average Bonchev–Trinajstić information content (AvgIpc) is 3.20. The van der Waals surface area contributed by atoms with Crippen molar-refractivity contribution in [2.45, 2.75) is 38.8 Å². The van der Waals surface area contributed by atoms with Crippen LogP contribution in [0.3, 0.4) is 0 Å². The summed E-state index contributed by atoms with van der Waals surface area (Å²) in [7, 11) is 1.65. The van der Waals surface area contributed by atoms with Gasteiger partial charge in [0.25, 0.3) is 0 Å². The quantitative estimate of drug-likeness (QED) is 0.452. The molecule has 0 saturated carbocycles. The zero-order valence-corrected chi connectivity index (χ0v) is 19.0. The zero-order chi connectivity index (χ0) is 22.7. The van der Waals surface area contributed by atoms with Crippen molar-refractivity contribution < 1.29 is 14.3 Å². The van der Waals surface area contributed by atoms with Crippen LogP contribution in [0.2, 0.25) is 0 Å². The zero-order valence-electron chi connectivity index (χ0n) is 19.0. The van der Waals surface area contributed by atoms with Crippen molar-refractivity contribution in [1.29, 1.82) is 0 Å². The molecule has 0 radical (unpaired) electrons. The lowest BCUT2D eigenvalue weighted by Crippen LogP contribution is -2.36. The van der Waals surface area contributed by atoms with Gasteiger partial charge in [0.2, 0.25) is 0 Å². The van der Waals surface area contributed by atoms with E-state index in [1.165, 1.54) is 0 Å². The highest BCUT2D eigenvalue weighted by molar-refractivity contribution is 5.99. The Morgan fingerprint density at radius 2 is 1.41 bits per heavy atom. The molecule has 3 aromatic carbocycles. The Hall–Kier alpha value is -3.53. The monoisotopic (exact) mass is 427 g/mol. The molecule has 0 bridgehead atoms. The van der Waals surface area contributed by atoms with Crippen molar-refractivity contribution in [1.82, 2.24) is 4.90 Å². The second kappa shape index (κ2) is 8.91. The van der Waals surface area contributed by atoms with Crippen LogP contribution in [0.4, 0.5) is 4.79 Å². The van der Waals surface area contributed by atoms with Gasteiger partial charge in [-0.2, -0.15) is 0 Å². The third-order valence-corrected chi connectivity index (χ3v) is 5.50. The van der Waals surface area contributed by atoms with Gasteiger partial charge in [-0.25, -0.2) is 4.79 Å². The van der Waals surface area contributed by atoms with E-state index in [0.29, 0.717) is 6.42 Å². The number of hydrogen-bond donors (Lipinski definition) is 0. The number of hydrogen-bond acceptors (Lipinski definition) is 3. The van der Waals surface area contributed by atoms with Crippen LogP contribution in [0.15, 0.2) is 84.9 Å². The molecule has 3 aromatic rings. The Morgan fingerprint density at radius 1 is 0.844 bits per heavy atom. The van der Waals surface area contributed by atoms with Gasteiger partial charge in [-0.1, -0.05) is 72.8 Å². The summed E-state index contributed by atoms with van der Waals surface area (Å²) in [6.45, 7) is 5.69. The summed E-state index contributed by atoms with van der Waals surface area (Å²) in [6.07, 6.45) is 0.350. The predicted molar refractivity (Wildman–Crippen MR) is 128 cm³/mol. The van der Waals surface area contributed by atoms with Gasteiger partial charge in [-0.15, -0.1) is 0 Å². The molecule has 1 amide bonds. The molecule has 1 aliphatic heterocycles. The van der Waals surface area contributed by atoms with Crippen molar-refractivity contribution in [3.63, 3.8) is 0 Å². The summed E-state index contributed by atoms with van der Waals surface area (Å²) < 4.78 is 11.2. The summed E-state index contributed by atoms with van der Waals surface area (Å²) in [6, 6.07) is 28.1. The van der Waals surface area contributed by atoms with Crippen LogP contribution in [-0.4, -0.2) is 23.7 Å². The standard InChI is InChI=1S/C28H29NO3/c1-28(2,3)32-27(30)29-25(21-15-17-23(31-4)18-16-21)19-24(20-11-7-5-8-12-20)26(29)22-13-9-6-10-14-22/h5-18,25H,19H2,1-4H3/t25-/m0/s1. The fraction of sp³-hybridized carbons (Fsp3) is 0.250. The number of carbonyl (C=O) groups is 1. The molecule has 0 unspecified atom stereocenters. The van der Waals surface area contributed by atoms with Crippen molar-refractivity contribution in [2.24, 2.45) is 0 Å². The molecule has 4 rings (SSSR count). The van der Waals surface area contributed by atoms with Crippen LogP contribution in [0, 0.1) is 0 Å². The van der Waals surface area contributed by atoms with E-state index < -0.39 is 5.60 Å². The van der Waals surface area contributed by atoms with E-state index in [0.717, 1.165) is 33.7 Å². The minimum Gasteiger partial charge on any atom is -0.497 e. The van der Waals surface area contributed by atoms with Crippen molar-refractivity contribution in [3.8, 4) is 5.75 Å². The van der Waals surface area contributed by atoms with E-state index >= 15 is 0 Å². The number of benzene rings is 3. The van der Waals surface area contributed by atoms with Crippen LogP contribution in [-0.2, 0) is 4.74 Å². The van der Waals surface area contributed by atoms with E-state index in [9.17, 15) is 4.79 Å². The van der Waals surface area contributed by atoms with Gasteiger partial charge in [0.05, 0.1) is 18.8 Å². The minimum atomic E-state index is -0.598. The molecule has 4 nitrogen and oxygen atoms in total. The summed E-state index contributed by atoms with van der Waals surface area (Å²) in [5, 5.41) is 0.